The van der Waals surface area contributed by atoms with E-state index in [-0.39, 0.29) is 22.6 Å². The summed E-state index contributed by atoms with van der Waals surface area (Å²) in [5.41, 5.74) is 1.05. The van der Waals surface area contributed by atoms with Crippen molar-refractivity contribution in [2.24, 2.45) is 0 Å². The summed E-state index contributed by atoms with van der Waals surface area (Å²) in [4.78, 5) is 14.6. The molecular weight excluding hydrogens is 466 g/mol. The van der Waals surface area contributed by atoms with Crippen LogP contribution in [-0.4, -0.2) is 44.4 Å². The Balaban J connectivity index is 1.68. The number of nitrogens with one attached hydrogen (secondary N) is 1. The van der Waals surface area contributed by atoms with Crippen molar-refractivity contribution in [3.63, 3.8) is 0 Å². The van der Waals surface area contributed by atoms with E-state index in [9.17, 15) is 19.6 Å². The van der Waals surface area contributed by atoms with Crippen LogP contribution in [0.3, 0.4) is 0 Å². The van der Waals surface area contributed by atoms with Gasteiger partial charge < -0.3 is 19.5 Å². The molecule has 4 rings (SSSR count). The van der Waals surface area contributed by atoms with Crippen molar-refractivity contribution in [3.05, 3.63) is 55.7 Å². The Kier molecular flexibility index (Phi) is 4.97. The van der Waals surface area contributed by atoms with Crippen molar-refractivity contribution in [3.8, 4) is 5.75 Å². The molecule has 13 heteroatoms. The summed E-state index contributed by atoms with van der Waals surface area (Å²) in [7, 11) is -4.83. The van der Waals surface area contributed by atoms with Crippen LogP contribution in [0.1, 0.15) is 32.6 Å². The fraction of sp³-hybridized carbons (Fsp3) is 0.474. The van der Waals surface area contributed by atoms with Gasteiger partial charge in [0.1, 0.15) is 29.2 Å². The number of hydrogen-bond donors (Lipinski definition) is 3. The number of aromatic nitrogens is 2. The smallest absolute Gasteiger partial charge is 0.403 e. The number of alkyl halides is 1. The van der Waals surface area contributed by atoms with Gasteiger partial charge in [0.2, 0.25) is 0 Å². The Hall–Kier alpha value is -1.92. The number of benzene rings is 1. The Morgan fingerprint density at radius 2 is 2.16 bits per heavy atom. The highest BCUT2D eigenvalue weighted by atomic mass is 32.1. The summed E-state index contributed by atoms with van der Waals surface area (Å²) < 4.78 is 74.1. The number of phosphoric ester groups is 1. The zero-order chi connectivity index (χ0) is 26.1. The third-order valence-electron chi connectivity index (χ3n) is 4.92. The summed E-state index contributed by atoms with van der Waals surface area (Å²) in [5.74, 6) is -3.90. The minimum Gasteiger partial charge on any atom is -0.403 e. The molecule has 1 aromatic heterocycles. The van der Waals surface area contributed by atoms with E-state index >= 15 is 4.39 Å². The number of aliphatic hydroxyl groups excluding tert-OH is 2. The highest BCUT2D eigenvalue weighted by Gasteiger charge is 2.57. The van der Waals surface area contributed by atoms with Crippen molar-refractivity contribution in [1.29, 1.82) is 0 Å². The number of aliphatic hydroxyl groups is 2. The zero-order valence-electron chi connectivity index (χ0n) is 20.1. The molecule has 2 aliphatic heterocycles. The second-order valence-electron chi connectivity index (χ2n) is 7.49. The van der Waals surface area contributed by atoms with E-state index in [1.54, 1.807) is 19.1 Å². The van der Waals surface area contributed by atoms with Crippen molar-refractivity contribution in [2.45, 2.75) is 51.6 Å². The highest BCUT2D eigenvalue weighted by Crippen LogP contribution is 2.56. The summed E-state index contributed by atoms with van der Waals surface area (Å²) >= 11 is 4.92. The van der Waals surface area contributed by atoms with Crippen molar-refractivity contribution < 1.29 is 41.6 Å². The third kappa shape index (κ3) is 4.08. The lowest BCUT2D eigenvalue weighted by atomic mass is 10.1. The Morgan fingerprint density at radius 1 is 1.44 bits per heavy atom. The lowest BCUT2D eigenvalue weighted by Crippen LogP contribution is -2.43. The Morgan fingerprint density at radius 3 is 2.88 bits per heavy atom. The molecular formula is C19H22FN2O8PS. The molecule has 1 aromatic carbocycles. The van der Waals surface area contributed by atoms with E-state index in [0.29, 0.717) is 15.7 Å². The molecule has 0 radical (unpaired) electrons. The normalized spacial score (nSPS) is 36.0. The van der Waals surface area contributed by atoms with Crippen LogP contribution in [0.25, 0.3) is 0 Å². The molecule has 3 N–H and O–H groups in total. The Labute approximate surface area is 191 Å². The van der Waals surface area contributed by atoms with E-state index < -0.39 is 44.3 Å². The monoisotopic (exact) mass is 491 g/mol. The fourth-order valence-corrected chi connectivity index (χ4v) is 4.65. The first kappa shape index (κ1) is 19.5. The van der Waals surface area contributed by atoms with E-state index in [4.69, 9.17) is 34.6 Å². The molecule has 1 fully saturated rings. The van der Waals surface area contributed by atoms with Crippen LogP contribution >= 0.6 is 20.0 Å². The molecule has 10 nitrogen and oxygen atoms in total. The van der Waals surface area contributed by atoms with Crippen LogP contribution in [0.15, 0.2) is 23.1 Å². The lowest BCUT2D eigenvalue weighted by Gasteiger charge is -2.29. The second kappa shape index (κ2) is 8.14. The number of aryl methyl sites for hydroxylation is 3. The van der Waals surface area contributed by atoms with E-state index in [0.717, 1.165) is 11.8 Å². The highest BCUT2D eigenvalue weighted by molar-refractivity contribution is 7.71. The van der Waals surface area contributed by atoms with Crippen LogP contribution < -0.4 is 10.2 Å². The van der Waals surface area contributed by atoms with Gasteiger partial charge in [0.15, 0.2) is 6.20 Å². The Bertz CT molecular complexity index is 1370. The average molecular weight is 491 g/mol. The molecule has 3 heterocycles. The van der Waals surface area contributed by atoms with Gasteiger partial charge in [-0.2, -0.15) is 0 Å². The molecule has 0 aliphatic carbocycles. The van der Waals surface area contributed by atoms with E-state index in [2.05, 4.69) is 4.98 Å². The number of phosphoric acid groups is 1. The molecule has 0 bridgehead atoms. The fourth-order valence-electron chi connectivity index (χ4n) is 3.34. The maximum atomic E-state index is 15.9. The largest absolute Gasteiger partial charge is 0.530 e. The first-order valence-corrected chi connectivity index (χ1v) is 11.2. The van der Waals surface area contributed by atoms with Crippen LogP contribution in [0.4, 0.5) is 4.39 Å². The van der Waals surface area contributed by atoms with Gasteiger partial charge in [0.05, 0.1) is 10.7 Å². The first-order valence-electron chi connectivity index (χ1n) is 10.9. The van der Waals surface area contributed by atoms with Crippen LogP contribution in [0.2, 0.25) is 0 Å². The van der Waals surface area contributed by atoms with Gasteiger partial charge in [-0.1, -0.05) is 29.9 Å². The van der Waals surface area contributed by atoms with Crippen LogP contribution in [0.5, 0.6) is 5.75 Å². The molecule has 2 aliphatic rings. The van der Waals surface area contributed by atoms with Crippen molar-refractivity contribution in [2.75, 3.05) is 6.56 Å². The number of hydrogen-bond acceptors (Lipinski definition) is 9. The number of H-pyrrole nitrogens is 1. The van der Waals surface area contributed by atoms with Gasteiger partial charge in [0, 0.05) is 17.3 Å². The summed E-state index contributed by atoms with van der Waals surface area (Å²) in [6.07, 6.45) is -7.34. The standard InChI is InChI=1S/C19H22FN2O8PS/c1-9-4-10(2)14-12(5-9)7-27-31(26,30-14)28-8-19(20)15(24)13(23)17(29-19)22-6-11(3)16(32)21-18(22)25/h4-6,13,15,17,23-24H,7-8H2,1-3H3,(H,21,25,32)/t13-,15+,17-,19-,31?/m1/s1/i8D2,17D. The quantitative estimate of drug-likeness (QED) is 0.436. The maximum Gasteiger partial charge on any atom is 0.530 e. The van der Waals surface area contributed by atoms with E-state index in [1.807, 2.05) is 6.92 Å². The molecule has 5 atom stereocenters. The van der Waals surface area contributed by atoms with Gasteiger partial charge in [-0.05, 0) is 26.3 Å². The minimum absolute atomic E-state index is 0.00326. The summed E-state index contributed by atoms with van der Waals surface area (Å²) in [6, 6.07) is 3.40. The van der Waals surface area contributed by atoms with E-state index in [1.165, 1.54) is 6.92 Å². The SMILES string of the molecule is [2H]C([2H])(OP1(=O)OCc2cc(C)cc(C)c2O1)[C@@]1(F)O[C@@]([2H])(n2cc(C)c(=S)[nH]c2=O)[C@H](O)[C@@H]1O. The first-order chi connectivity index (χ1) is 16.0. The molecule has 1 unspecified atom stereocenters. The maximum absolute atomic E-state index is 15.9. The molecule has 0 saturated carbocycles. The van der Waals surface area contributed by atoms with Gasteiger partial charge in [0.25, 0.3) is 5.85 Å². The van der Waals surface area contributed by atoms with Gasteiger partial charge in [-0.15, -0.1) is 0 Å². The predicted octanol–water partition coefficient (Wildman–Crippen LogP) is 2.48. The predicted molar refractivity (Wildman–Crippen MR) is 111 cm³/mol. The number of fused-ring (bicyclic) bond motifs is 1. The minimum atomic E-state index is -4.83. The number of rotatable bonds is 4. The van der Waals surface area contributed by atoms with Crippen LogP contribution in [0, 0.1) is 25.4 Å². The molecule has 2 aromatic rings. The zero-order valence-corrected chi connectivity index (χ0v) is 18.8. The number of halogens is 1. The molecule has 1 saturated heterocycles. The average Bonchev–Trinajstić information content (AvgIpc) is 2.93. The molecule has 174 valence electrons. The number of aromatic amines is 1. The van der Waals surface area contributed by atoms with Crippen molar-refractivity contribution in [1.82, 2.24) is 9.55 Å². The molecule has 32 heavy (non-hydrogen) atoms. The molecule has 0 amide bonds. The summed E-state index contributed by atoms with van der Waals surface area (Å²) in [5, 5.41) is 20.9. The van der Waals surface area contributed by atoms with Gasteiger partial charge in [-0.25, -0.2) is 13.8 Å². The van der Waals surface area contributed by atoms with Gasteiger partial charge >= 0.3 is 13.5 Å². The topological polar surface area (TPSA) is 132 Å². The molecule has 0 spiro atoms. The third-order valence-corrected chi connectivity index (χ3v) is 6.51. The summed E-state index contributed by atoms with van der Waals surface area (Å²) in [6.45, 7) is 0.796. The number of nitrogens with zero attached hydrogens (tertiary/aromatic N) is 1. The lowest BCUT2D eigenvalue weighted by molar-refractivity contribution is -0.205. The van der Waals surface area contributed by atoms with Crippen LogP contribution in [-0.2, 0) is 25.0 Å². The second-order valence-corrected chi connectivity index (χ2v) is 9.42. The van der Waals surface area contributed by atoms with Gasteiger partial charge in [-0.3, -0.25) is 18.6 Å². The van der Waals surface area contributed by atoms with Crippen molar-refractivity contribution >= 4 is 20.0 Å². The number of ether oxygens (including phenoxy) is 1.